The maximum absolute atomic E-state index is 11.0. The normalized spacial score (nSPS) is 16.9. The van der Waals surface area contributed by atoms with Crippen molar-refractivity contribution >= 4 is 40.7 Å². The summed E-state index contributed by atoms with van der Waals surface area (Å²) in [4.78, 5) is 11.0. The highest BCUT2D eigenvalue weighted by atomic mass is 35.5. The molecule has 8 heteroatoms. The zero-order valence-corrected chi connectivity index (χ0v) is 12.2. The predicted molar refractivity (Wildman–Crippen MR) is 79.9 cm³/mol. The third kappa shape index (κ3) is 3.64. The standard InChI is InChI=1S/C12H12ClN3O3S/c1-2-19-10-3-7(8(13)4-9(10)17)5-14-16-12-15-11(18)6-20-12/h3-5,17H,2,6H2,1H3,(H,15,16,18). The Morgan fingerprint density at radius 1 is 1.60 bits per heavy atom. The molecule has 1 aliphatic heterocycles. The minimum atomic E-state index is -0.0924. The zero-order chi connectivity index (χ0) is 14.5. The van der Waals surface area contributed by atoms with Gasteiger partial charge in [-0.25, -0.2) is 0 Å². The summed E-state index contributed by atoms with van der Waals surface area (Å²) >= 11 is 7.27. The molecule has 2 rings (SSSR count). The molecule has 0 aromatic heterocycles. The number of rotatable bonds is 4. The average molecular weight is 314 g/mol. The van der Waals surface area contributed by atoms with Crippen LogP contribution in [0.3, 0.4) is 0 Å². The van der Waals surface area contributed by atoms with Gasteiger partial charge in [0.2, 0.25) is 5.91 Å². The second kappa shape index (κ2) is 6.62. The molecule has 0 saturated carbocycles. The first kappa shape index (κ1) is 14.7. The molecule has 1 aromatic carbocycles. The lowest BCUT2D eigenvalue weighted by Gasteiger charge is -2.07. The number of ether oxygens (including phenoxy) is 1. The quantitative estimate of drug-likeness (QED) is 0.658. The number of carbonyl (C=O) groups is 1. The van der Waals surface area contributed by atoms with Crippen LogP contribution in [0.4, 0.5) is 0 Å². The summed E-state index contributed by atoms with van der Waals surface area (Å²) in [5.74, 6) is 0.557. The van der Waals surface area contributed by atoms with Crippen LogP contribution in [0.5, 0.6) is 11.5 Å². The van der Waals surface area contributed by atoms with Crippen LogP contribution >= 0.6 is 23.4 Å². The van der Waals surface area contributed by atoms with Crippen LogP contribution in [-0.2, 0) is 4.79 Å². The van der Waals surface area contributed by atoms with Crippen LogP contribution in [-0.4, -0.2) is 34.8 Å². The van der Waals surface area contributed by atoms with Crippen molar-refractivity contribution in [2.45, 2.75) is 6.92 Å². The lowest BCUT2D eigenvalue weighted by molar-refractivity contribution is -0.116. The monoisotopic (exact) mass is 313 g/mol. The average Bonchev–Trinajstić information content (AvgIpc) is 2.81. The number of carbonyl (C=O) groups excluding carboxylic acids is 1. The first-order valence-electron chi connectivity index (χ1n) is 5.79. The summed E-state index contributed by atoms with van der Waals surface area (Å²) in [5, 5.41) is 20.7. The van der Waals surface area contributed by atoms with E-state index in [1.807, 2.05) is 6.92 Å². The number of halogens is 1. The molecule has 1 aromatic rings. The van der Waals surface area contributed by atoms with E-state index in [2.05, 4.69) is 15.5 Å². The van der Waals surface area contributed by atoms with Crippen molar-refractivity contribution in [3.05, 3.63) is 22.7 Å². The SMILES string of the molecule is CCOc1cc(C=NN=C2NC(=O)CS2)c(Cl)cc1O. The van der Waals surface area contributed by atoms with Crippen LogP contribution in [0, 0.1) is 0 Å². The van der Waals surface area contributed by atoms with Gasteiger partial charge >= 0.3 is 0 Å². The molecular formula is C12H12ClN3O3S. The van der Waals surface area contributed by atoms with Crippen molar-refractivity contribution in [1.29, 1.82) is 0 Å². The fourth-order valence-electron chi connectivity index (χ4n) is 1.45. The maximum atomic E-state index is 11.0. The van der Waals surface area contributed by atoms with E-state index in [-0.39, 0.29) is 11.7 Å². The number of nitrogens with one attached hydrogen (secondary N) is 1. The molecule has 0 aliphatic carbocycles. The summed E-state index contributed by atoms with van der Waals surface area (Å²) in [6.45, 7) is 2.24. The van der Waals surface area contributed by atoms with Gasteiger partial charge < -0.3 is 15.2 Å². The lowest BCUT2D eigenvalue weighted by Crippen LogP contribution is -2.19. The Bertz CT molecular complexity index is 590. The number of phenolic OH excluding ortho intramolecular Hbond substituents is 1. The highest BCUT2D eigenvalue weighted by molar-refractivity contribution is 8.15. The van der Waals surface area contributed by atoms with Gasteiger partial charge in [0.15, 0.2) is 16.7 Å². The van der Waals surface area contributed by atoms with E-state index in [9.17, 15) is 9.90 Å². The first-order chi connectivity index (χ1) is 9.60. The highest BCUT2D eigenvalue weighted by Crippen LogP contribution is 2.31. The molecule has 2 N–H and O–H groups in total. The molecule has 1 aliphatic rings. The molecule has 1 fully saturated rings. The van der Waals surface area contributed by atoms with Gasteiger partial charge in [0.1, 0.15) is 0 Å². The zero-order valence-electron chi connectivity index (χ0n) is 10.6. The lowest BCUT2D eigenvalue weighted by atomic mass is 10.2. The van der Waals surface area contributed by atoms with E-state index in [1.165, 1.54) is 24.0 Å². The highest BCUT2D eigenvalue weighted by Gasteiger charge is 2.16. The van der Waals surface area contributed by atoms with Gasteiger partial charge in [-0.15, -0.1) is 5.10 Å². The summed E-state index contributed by atoms with van der Waals surface area (Å²) in [6.07, 6.45) is 1.43. The summed E-state index contributed by atoms with van der Waals surface area (Å²) in [6, 6.07) is 2.96. The van der Waals surface area contributed by atoms with Gasteiger partial charge in [0.25, 0.3) is 0 Å². The van der Waals surface area contributed by atoms with Gasteiger partial charge in [-0.1, -0.05) is 23.4 Å². The van der Waals surface area contributed by atoms with Crippen molar-refractivity contribution in [3.8, 4) is 11.5 Å². The molecule has 6 nitrogen and oxygen atoms in total. The molecule has 0 spiro atoms. The Balaban J connectivity index is 2.16. The minimum Gasteiger partial charge on any atom is -0.504 e. The van der Waals surface area contributed by atoms with E-state index in [0.717, 1.165) is 0 Å². The van der Waals surface area contributed by atoms with Gasteiger partial charge in [-0.2, -0.15) is 5.10 Å². The van der Waals surface area contributed by atoms with Crippen molar-refractivity contribution in [1.82, 2.24) is 5.32 Å². The Labute approximate surface area is 124 Å². The van der Waals surface area contributed by atoms with Crippen LogP contribution in [0.1, 0.15) is 12.5 Å². The van der Waals surface area contributed by atoms with Crippen LogP contribution in [0.25, 0.3) is 0 Å². The number of hydrogen-bond acceptors (Lipinski definition) is 6. The summed E-state index contributed by atoms with van der Waals surface area (Å²) in [7, 11) is 0. The first-order valence-corrected chi connectivity index (χ1v) is 7.15. The van der Waals surface area contributed by atoms with E-state index in [4.69, 9.17) is 16.3 Å². The molecule has 0 atom stereocenters. The number of benzene rings is 1. The second-order valence-corrected chi connectivity index (χ2v) is 5.13. The molecule has 106 valence electrons. The Morgan fingerprint density at radius 2 is 2.40 bits per heavy atom. The fraction of sp³-hybridized carbons (Fsp3) is 0.250. The number of phenols is 1. The van der Waals surface area contributed by atoms with E-state index in [1.54, 1.807) is 6.07 Å². The number of nitrogens with zero attached hydrogens (tertiary/aromatic N) is 2. The molecule has 0 unspecified atom stereocenters. The largest absolute Gasteiger partial charge is 0.504 e. The molecule has 0 radical (unpaired) electrons. The molecule has 1 saturated heterocycles. The number of amidine groups is 1. The molecule has 20 heavy (non-hydrogen) atoms. The summed E-state index contributed by atoms with van der Waals surface area (Å²) < 4.78 is 5.26. The maximum Gasteiger partial charge on any atom is 0.236 e. The van der Waals surface area contributed by atoms with Crippen LogP contribution in [0.2, 0.25) is 5.02 Å². The van der Waals surface area contributed by atoms with Crippen LogP contribution < -0.4 is 10.1 Å². The number of thioether (sulfide) groups is 1. The van der Waals surface area contributed by atoms with Gasteiger partial charge in [0, 0.05) is 11.6 Å². The molecule has 1 heterocycles. The molecule has 0 bridgehead atoms. The van der Waals surface area contributed by atoms with Crippen molar-refractivity contribution < 1.29 is 14.6 Å². The minimum absolute atomic E-state index is 0.0288. The van der Waals surface area contributed by atoms with Crippen molar-refractivity contribution in [2.24, 2.45) is 10.2 Å². The van der Waals surface area contributed by atoms with Crippen molar-refractivity contribution in [2.75, 3.05) is 12.4 Å². The Kier molecular flexibility index (Phi) is 4.86. The summed E-state index contributed by atoms with van der Waals surface area (Å²) in [5.41, 5.74) is 0.562. The number of hydrogen-bond donors (Lipinski definition) is 2. The van der Waals surface area contributed by atoms with Crippen molar-refractivity contribution in [3.63, 3.8) is 0 Å². The van der Waals surface area contributed by atoms with Gasteiger partial charge in [0.05, 0.1) is 23.6 Å². The topological polar surface area (TPSA) is 83.3 Å². The van der Waals surface area contributed by atoms with Crippen LogP contribution in [0.15, 0.2) is 22.3 Å². The number of aromatic hydroxyl groups is 1. The van der Waals surface area contributed by atoms with Gasteiger partial charge in [-0.3, -0.25) is 4.79 Å². The van der Waals surface area contributed by atoms with E-state index < -0.39 is 0 Å². The number of amides is 1. The third-order valence-corrected chi connectivity index (χ3v) is 3.50. The second-order valence-electron chi connectivity index (χ2n) is 3.76. The fourth-order valence-corrected chi connectivity index (χ4v) is 2.29. The third-order valence-electron chi connectivity index (χ3n) is 2.31. The molecular weight excluding hydrogens is 302 g/mol. The van der Waals surface area contributed by atoms with Gasteiger partial charge in [-0.05, 0) is 13.0 Å². The Morgan fingerprint density at radius 3 is 3.05 bits per heavy atom. The smallest absolute Gasteiger partial charge is 0.236 e. The van der Waals surface area contributed by atoms with E-state index in [0.29, 0.717) is 33.9 Å². The van der Waals surface area contributed by atoms with E-state index >= 15 is 0 Å². The predicted octanol–water partition coefficient (Wildman–Crippen LogP) is 2.00. The Hall–Kier alpha value is -1.73. The molecule has 1 amide bonds.